The van der Waals surface area contributed by atoms with E-state index in [1.807, 2.05) is 36.4 Å². The molecule has 2 aromatic rings. The summed E-state index contributed by atoms with van der Waals surface area (Å²) in [5.41, 5.74) is 16.2. The van der Waals surface area contributed by atoms with Gasteiger partial charge in [-0.2, -0.15) is 0 Å². The molecule has 0 spiro atoms. The predicted octanol–water partition coefficient (Wildman–Crippen LogP) is 3.92. The van der Waals surface area contributed by atoms with Crippen molar-refractivity contribution in [1.29, 1.82) is 0 Å². The number of hydrogen-bond donors (Lipinski definition) is 2. The molecule has 19 heavy (non-hydrogen) atoms. The van der Waals surface area contributed by atoms with E-state index < -0.39 is 0 Å². The van der Waals surface area contributed by atoms with Gasteiger partial charge in [-0.25, -0.2) is 0 Å². The number of nitrogens with two attached hydrogens (primary N) is 2. The molecule has 0 saturated carbocycles. The van der Waals surface area contributed by atoms with Crippen LogP contribution in [0.1, 0.15) is 36.1 Å². The molecular formula is C16H19ClN2. The topological polar surface area (TPSA) is 52.0 Å². The Bertz CT molecular complexity index is 566. The molecule has 0 aliphatic heterocycles. The Hall–Kier alpha value is -1.51. The second-order valence-electron chi connectivity index (χ2n) is 4.70. The second-order valence-corrected chi connectivity index (χ2v) is 5.11. The van der Waals surface area contributed by atoms with E-state index in [1.165, 1.54) is 0 Å². The first-order valence-corrected chi connectivity index (χ1v) is 6.87. The van der Waals surface area contributed by atoms with Crippen molar-refractivity contribution in [2.24, 2.45) is 5.73 Å². The smallest absolute Gasteiger partial charge is 0.0444 e. The first-order chi connectivity index (χ1) is 9.13. The Kier molecular flexibility index (Phi) is 4.46. The van der Waals surface area contributed by atoms with Crippen molar-refractivity contribution in [3.8, 4) is 0 Å². The molecule has 2 aromatic carbocycles. The van der Waals surface area contributed by atoms with Crippen LogP contribution in [-0.4, -0.2) is 0 Å². The Morgan fingerprint density at radius 2 is 1.84 bits per heavy atom. The number of nitrogen functional groups attached to an aromatic ring is 1. The van der Waals surface area contributed by atoms with Gasteiger partial charge in [0.2, 0.25) is 0 Å². The molecule has 0 radical (unpaired) electrons. The van der Waals surface area contributed by atoms with Gasteiger partial charge in [-0.05, 0) is 35.2 Å². The van der Waals surface area contributed by atoms with Crippen LogP contribution in [0.15, 0.2) is 42.5 Å². The Morgan fingerprint density at radius 1 is 1.11 bits per heavy atom. The third kappa shape index (κ3) is 3.09. The standard InChI is InChI=1S/C16H19ClN2/c1-2-15(18)12-7-5-8-14(17)13(12)10-11-6-3-4-9-16(11)19/h3-9,15H,2,10,18-19H2,1H3. The maximum absolute atomic E-state index is 6.34. The lowest BCUT2D eigenvalue weighted by Crippen LogP contribution is -2.12. The van der Waals surface area contributed by atoms with Gasteiger partial charge in [0.1, 0.15) is 0 Å². The summed E-state index contributed by atoms with van der Waals surface area (Å²) in [6, 6.07) is 13.8. The fourth-order valence-electron chi connectivity index (χ4n) is 2.21. The number of anilines is 1. The molecular weight excluding hydrogens is 256 g/mol. The van der Waals surface area contributed by atoms with Crippen LogP contribution in [0.2, 0.25) is 5.02 Å². The van der Waals surface area contributed by atoms with E-state index >= 15 is 0 Å². The van der Waals surface area contributed by atoms with Gasteiger partial charge in [-0.15, -0.1) is 0 Å². The van der Waals surface area contributed by atoms with Crippen molar-refractivity contribution in [3.63, 3.8) is 0 Å². The van der Waals surface area contributed by atoms with E-state index in [0.717, 1.165) is 40.2 Å². The van der Waals surface area contributed by atoms with Crippen molar-refractivity contribution in [1.82, 2.24) is 0 Å². The molecule has 3 heteroatoms. The summed E-state index contributed by atoms with van der Waals surface area (Å²) in [7, 11) is 0. The summed E-state index contributed by atoms with van der Waals surface area (Å²) >= 11 is 6.34. The highest BCUT2D eigenvalue weighted by atomic mass is 35.5. The monoisotopic (exact) mass is 274 g/mol. The minimum absolute atomic E-state index is 0.0126. The van der Waals surface area contributed by atoms with E-state index in [-0.39, 0.29) is 6.04 Å². The van der Waals surface area contributed by atoms with Crippen LogP contribution in [0.25, 0.3) is 0 Å². The third-order valence-corrected chi connectivity index (χ3v) is 3.77. The van der Waals surface area contributed by atoms with Gasteiger partial charge >= 0.3 is 0 Å². The summed E-state index contributed by atoms with van der Waals surface area (Å²) < 4.78 is 0. The molecule has 0 fully saturated rings. The van der Waals surface area contributed by atoms with E-state index in [1.54, 1.807) is 0 Å². The lowest BCUT2D eigenvalue weighted by Gasteiger charge is -2.17. The lowest BCUT2D eigenvalue weighted by molar-refractivity contribution is 0.691. The van der Waals surface area contributed by atoms with Crippen molar-refractivity contribution >= 4 is 17.3 Å². The van der Waals surface area contributed by atoms with E-state index in [4.69, 9.17) is 23.1 Å². The van der Waals surface area contributed by atoms with Gasteiger partial charge < -0.3 is 11.5 Å². The Balaban J connectivity index is 2.42. The maximum Gasteiger partial charge on any atom is 0.0444 e. The van der Waals surface area contributed by atoms with Crippen LogP contribution < -0.4 is 11.5 Å². The van der Waals surface area contributed by atoms with E-state index in [2.05, 4.69) is 13.0 Å². The van der Waals surface area contributed by atoms with Crippen LogP contribution >= 0.6 is 11.6 Å². The quantitative estimate of drug-likeness (QED) is 0.830. The van der Waals surface area contributed by atoms with Crippen LogP contribution in [0.4, 0.5) is 5.69 Å². The minimum atomic E-state index is 0.0126. The van der Waals surface area contributed by atoms with Crippen molar-refractivity contribution in [2.75, 3.05) is 5.73 Å². The van der Waals surface area contributed by atoms with E-state index in [9.17, 15) is 0 Å². The van der Waals surface area contributed by atoms with Crippen LogP contribution in [0, 0.1) is 0 Å². The molecule has 1 unspecified atom stereocenters. The number of para-hydroxylation sites is 1. The largest absolute Gasteiger partial charge is 0.398 e. The van der Waals surface area contributed by atoms with E-state index in [0.29, 0.717) is 0 Å². The predicted molar refractivity (Wildman–Crippen MR) is 82.3 cm³/mol. The van der Waals surface area contributed by atoms with Crippen molar-refractivity contribution in [3.05, 3.63) is 64.2 Å². The Morgan fingerprint density at radius 3 is 2.53 bits per heavy atom. The molecule has 100 valence electrons. The number of rotatable bonds is 4. The third-order valence-electron chi connectivity index (χ3n) is 3.42. The van der Waals surface area contributed by atoms with Gasteiger partial charge in [0, 0.05) is 23.2 Å². The highest BCUT2D eigenvalue weighted by Crippen LogP contribution is 2.29. The summed E-state index contributed by atoms with van der Waals surface area (Å²) in [5, 5.41) is 0.754. The van der Waals surface area contributed by atoms with Gasteiger partial charge in [0.05, 0.1) is 0 Å². The van der Waals surface area contributed by atoms with Crippen molar-refractivity contribution < 1.29 is 0 Å². The molecule has 2 rings (SSSR count). The SMILES string of the molecule is CCC(N)c1cccc(Cl)c1Cc1ccccc1N. The summed E-state index contributed by atoms with van der Waals surface area (Å²) in [5.74, 6) is 0. The summed E-state index contributed by atoms with van der Waals surface area (Å²) in [6.07, 6.45) is 1.60. The van der Waals surface area contributed by atoms with Gasteiger partial charge in [0.25, 0.3) is 0 Å². The molecule has 0 aliphatic rings. The zero-order valence-corrected chi connectivity index (χ0v) is 11.8. The minimum Gasteiger partial charge on any atom is -0.398 e. The lowest BCUT2D eigenvalue weighted by atomic mass is 9.94. The average molecular weight is 275 g/mol. The fourth-order valence-corrected chi connectivity index (χ4v) is 2.46. The van der Waals surface area contributed by atoms with Crippen molar-refractivity contribution in [2.45, 2.75) is 25.8 Å². The first-order valence-electron chi connectivity index (χ1n) is 6.49. The molecule has 0 heterocycles. The van der Waals surface area contributed by atoms with Crippen LogP contribution in [0.3, 0.4) is 0 Å². The number of halogens is 1. The normalized spacial score (nSPS) is 12.4. The second kappa shape index (κ2) is 6.09. The van der Waals surface area contributed by atoms with Crippen LogP contribution in [-0.2, 0) is 6.42 Å². The zero-order chi connectivity index (χ0) is 13.8. The number of hydrogen-bond acceptors (Lipinski definition) is 2. The highest BCUT2D eigenvalue weighted by Gasteiger charge is 2.13. The molecule has 2 nitrogen and oxygen atoms in total. The number of benzene rings is 2. The summed E-state index contributed by atoms with van der Waals surface area (Å²) in [4.78, 5) is 0. The zero-order valence-electron chi connectivity index (χ0n) is 11.1. The maximum atomic E-state index is 6.34. The fraction of sp³-hybridized carbons (Fsp3) is 0.250. The average Bonchev–Trinajstić information content (AvgIpc) is 2.42. The van der Waals surface area contributed by atoms with Crippen LogP contribution in [0.5, 0.6) is 0 Å². The molecule has 4 N–H and O–H groups in total. The highest BCUT2D eigenvalue weighted by molar-refractivity contribution is 6.31. The molecule has 0 saturated heterocycles. The molecule has 0 bridgehead atoms. The molecule has 1 atom stereocenters. The van der Waals surface area contributed by atoms with Gasteiger partial charge in [-0.3, -0.25) is 0 Å². The molecule has 0 aromatic heterocycles. The molecule has 0 aliphatic carbocycles. The summed E-state index contributed by atoms with van der Waals surface area (Å²) in [6.45, 7) is 2.08. The first kappa shape index (κ1) is 13.9. The van der Waals surface area contributed by atoms with Gasteiger partial charge in [-0.1, -0.05) is 48.9 Å². The molecule has 0 amide bonds. The van der Waals surface area contributed by atoms with Gasteiger partial charge in [0.15, 0.2) is 0 Å². The Labute approximate surface area is 119 Å².